The van der Waals surface area contributed by atoms with Gasteiger partial charge in [-0.2, -0.15) is 0 Å². The van der Waals surface area contributed by atoms with Crippen LogP contribution < -0.4 is 14.8 Å². The topological polar surface area (TPSA) is 73.6 Å². The van der Waals surface area contributed by atoms with E-state index >= 15 is 0 Å². The largest absolute Gasteiger partial charge is 0.494 e. The van der Waals surface area contributed by atoms with Crippen LogP contribution in [0.4, 0.5) is 5.82 Å². The van der Waals surface area contributed by atoms with E-state index in [-0.39, 0.29) is 5.91 Å². The van der Waals surface area contributed by atoms with Crippen LogP contribution in [0.25, 0.3) is 27.7 Å². The molecule has 0 bridgehead atoms. The summed E-state index contributed by atoms with van der Waals surface area (Å²) in [5.41, 5.74) is 4.29. The molecule has 2 heterocycles. The number of amides is 1. The summed E-state index contributed by atoms with van der Waals surface area (Å²) in [5, 5.41) is 3.72. The molecular weight excluding hydrogens is 416 g/mol. The molecule has 6 nitrogen and oxygen atoms in total. The van der Waals surface area contributed by atoms with E-state index < -0.39 is 0 Å². The third kappa shape index (κ3) is 5.06. The predicted molar refractivity (Wildman–Crippen MR) is 131 cm³/mol. The average molecular weight is 443 g/mol. The molecule has 1 amide bonds. The predicted octanol–water partition coefficient (Wildman–Crippen LogP) is 6.33. The standard InChI is InChI=1S/C27H26N2O4/c1-4-31-20-11-9-19(10-12-20)23-17-33-25-16-24(32-5-2)21(15-22(23)25)18(3)14-27(30)29-26-8-6-7-13-28-26/h6-17H,4-5H2,1-3H3,(H,28,29,30)/b18-14+. The molecule has 0 aliphatic rings. The van der Waals surface area contributed by atoms with Gasteiger partial charge in [0.15, 0.2) is 0 Å². The molecule has 0 fully saturated rings. The summed E-state index contributed by atoms with van der Waals surface area (Å²) >= 11 is 0. The molecule has 33 heavy (non-hydrogen) atoms. The number of ether oxygens (including phenoxy) is 2. The maximum atomic E-state index is 12.6. The molecular formula is C27H26N2O4. The maximum absolute atomic E-state index is 12.6. The van der Waals surface area contributed by atoms with Crippen LogP contribution in [0.3, 0.4) is 0 Å². The number of pyridine rings is 1. The first-order valence-electron chi connectivity index (χ1n) is 10.9. The number of fused-ring (bicyclic) bond motifs is 1. The molecule has 0 aliphatic carbocycles. The van der Waals surface area contributed by atoms with E-state index in [4.69, 9.17) is 13.9 Å². The van der Waals surface area contributed by atoms with Crippen LogP contribution in [0.5, 0.6) is 11.5 Å². The van der Waals surface area contributed by atoms with Crippen molar-refractivity contribution >= 4 is 28.3 Å². The Morgan fingerprint density at radius 3 is 2.55 bits per heavy atom. The molecule has 6 heteroatoms. The summed E-state index contributed by atoms with van der Waals surface area (Å²) in [6, 6.07) is 17.2. The van der Waals surface area contributed by atoms with Gasteiger partial charge in [-0.25, -0.2) is 4.98 Å². The average Bonchev–Trinajstić information content (AvgIpc) is 3.23. The Morgan fingerprint density at radius 2 is 1.85 bits per heavy atom. The summed E-state index contributed by atoms with van der Waals surface area (Å²) in [7, 11) is 0. The second-order valence-electron chi connectivity index (χ2n) is 7.42. The number of nitrogens with zero attached hydrogens (tertiary/aromatic N) is 1. The molecule has 2 aromatic heterocycles. The zero-order chi connectivity index (χ0) is 23.2. The van der Waals surface area contributed by atoms with Crippen LogP contribution in [-0.4, -0.2) is 24.1 Å². The zero-order valence-electron chi connectivity index (χ0n) is 18.9. The van der Waals surface area contributed by atoms with Gasteiger partial charge < -0.3 is 19.2 Å². The molecule has 168 valence electrons. The number of aromatic nitrogens is 1. The van der Waals surface area contributed by atoms with Crippen molar-refractivity contribution in [2.75, 3.05) is 18.5 Å². The molecule has 4 aromatic rings. The van der Waals surface area contributed by atoms with Crippen molar-refractivity contribution in [1.82, 2.24) is 4.98 Å². The normalized spacial score (nSPS) is 11.4. The van der Waals surface area contributed by atoms with Crippen molar-refractivity contribution in [1.29, 1.82) is 0 Å². The van der Waals surface area contributed by atoms with E-state index in [9.17, 15) is 4.79 Å². The second kappa shape index (κ2) is 10.0. The van der Waals surface area contributed by atoms with Gasteiger partial charge >= 0.3 is 0 Å². The third-order valence-corrected chi connectivity index (χ3v) is 5.14. The summed E-state index contributed by atoms with van der Waals surface area (Å²) in [6.45, 7) is 6.89. The summed E-state index contributed by atoms with van der Waals surface area (Å²) in [5.74, 6) is 1.73. The number of benzene rings is 2. The van der Waals surface area contributed by atoms with E-state index in [0.717, 1.165) is 39.0 Å². The Labute approximate surface area is 192 Å². The molecule has 1 N–H and O–H groups in total. The van der Waals surface area contributed by atoms with Crippen molar-refractivity contribution in [2.45, 2.75) is 20.8 Å². The van der Waals surface area contributed by atoms with Gasteiger partial charge in [-0.1, -0.05) is 18.2 Å². The lowest BCUT2D eigenvalue weighted by molar-refractivity contribution is -0.111. The van der Waals surface area contributed by atoms with Crippen LogP contribution in [0, 0.1) is 0 Å². The van der Waals surface area contributed by atoms with E-state index in [1.54, 1.807) is 30.7 Å². The minimum atomic E-state index is -0.257. The number of allylic oxidation sites excluding steroid dienone is 1. The Kier molecular flexibility index (Phi) is 6.74. The minimum Gasteiger partial charge on any atom is -0.494 e. The number of rotatable bonds is 8. The molecule has 2 aromatic carbocycles. The molecule has 0 saturated carbocycles. The number of furan rings is 1. The van der Waals surface area contributed by atoms with Crippen molar-refractivity contribution in [3.8, 4) is 22.6 Å². The maximum Gasteiger partial charge on any atom is 0.249 e. The quantitative estimate of drug-likeness (QED) is 0.323. The number of hydrogen-bond donors (Lipinski definition) is 1. The molecule has 0 unspecified atom stereocenters. The number of hydrogen-bond acceptors (Lipinski definition) is 5. The van der Waals surface area contributed by atoms with E-state index in [0.29, 0.717) is 24.8 Å². The smallest absolute Gasteiger partial charge is 0.249 e. The number of nitrogens with one attached hydrogen (secondary N) is 1. The van der Waals surface area contributed by atoms with Crippen molar-refractivity contribution in [2.24, 2.45) is 0 Å². The fourth-order valence-corrected chi connectivity index (χ4v) is 3.63. The van der Waals surface area contributed by atoms with Gasteiger partial charge in [0.05, 0.1) is 19.5 Å². The molecule has 4 rings (SSSR count). The van der Waals surface area contributed by atoms with Gasteiger partial charge in [-0.05, 0) is 62.2 Å². The monoisotopic (exact) mass is 442 g/mol. The molecule has 0 radical (unpaired) electrons. The summed E-state index contributed by atoms with van der Waals surface area (Å²) < 4.78 is 17.3. The second-order valence-corrected chi connectivity index (χ2v) is 7.42. The Bertz CT molecular complexity index is 1270. The lowest BCUT2D eigenvalue weighted by Crippen LogP contribution is -2.09. The Morgan fingerprint density at radius 1 is 1.06 bits per heavy atom. The SMILES string of the molecule is CCOc1ccc(-c2coc3cc(OCC)c(/C(C)=C/C(=O)Nc4ccccn4)cc23)cc1. The zero-order valence-corrected chi connectivity index (χ0v) is 18.9. The van der Waals surface area contributed by atoms with Crippen molar-refractivity contribution < 1.29 is 18.7 Å². The molecule has 0 atom stereocenters. The van der Waals surface area contributed by atoms with Crippen molar-refractivity contribution in [3.63, 3.8) is 0 Å². The highest BCUT2D eigenvalue weighted by Crippen LogP contribution is 2.38. The third-order valence-electron chi connectivity index (χ3n) is 5.14. The summed E-state index contributed by atoms with van der Waals surface area (Å²) in [6.07, 6.45) is 4.93. The van der Waals surface area contributed by atoms with Crippen LogP contribution in [0.1, 0.15) is 26.3 Å². The number of anilines is 1. The molecule has 0 saturated heterocycles. The van der Waals surface area contributed by atoms with Crippen LogP contribution in [0.15, 0.2) is 77.6 Å². The first kappa shape index (κ1) is 22.1. The van der Waals surface area contributed by atoms with Gasteiger partial charge in [-0.3, -0.25) is 4.79 Å². The number of carbonyl (C=O) groups excluding carboxylic acids is 1. The van der Waals surface area contributed by atoms with Crippen molar-refractivity contribution in [3.05, 3.63) is 78.7 Å². The van der Waals surface area contributed by atoms with Crippen LogP contribution in [-0.2, 0) is 4.79 Å². The van der Waals surface area contributed by atoms with Gasteiger partial charge in [0, 0.05) is 34.9 Å². The Hall–Kier alpha value is -4.06. The van der Waals surface area contributed by atoms with Gasteiger partial charge in [0.25, 0.3) is 0 Å². The van der Waals surface area contributed by atoms with Crippen LogP contribution in [0.2, 0.25) is 0 Å². The van der Waals surface area contributed by atoms with Gasteiger partial charge in [0.2, 0.25) is 5.91 Å². The van der Waals surface area contributed by atoms with E-state index in [2.05, 4.69) is 10.3 Å². The fraction of sp³-hybridized carbons (Fsp3) is 0.185. The van der Waals surface area contributed by atoms with E-state index in [1.807, 2.05) is 63.2 Å². The van der Waals surface area contributed by atoms with Gasteiger partial charge in [0.1, 0.15) is 22.9 Å². The lowest BCUT2D eigenvalue weighted by Gasteiger charge is -2.12. The van der Waals surface area contributed by atoms with Crippen LogP contribution >= 0.6 is 0 Å². The summed E-state index contributed by atoms with van der Waals surface area (Å²) in [4.78, 5) is 16.7. The minimum absolute atomic E-state index is 0.257. The fourth-order valence-electron chi connectivity index (χ4n) is 3.63. The van der Waals surface area contributed by atoms with E-state index in [1.165, 1.54) is 0 Å². The highest BCUT2D eigenvalue weighted by atomic mass is 16.5. The first-order valence-corrected chi connectivity index (χ1v) is 10.9. The molecule has 0 spiro atoms. The lowest BCUT2D eigenvalue weighted by atomic mass is 9.99. The first-order chi connectivity index (χ1) is 16.1. The molecule has 0 aliphatic heterocycles. The highest BCUT2D eigenvalue weighted by Gasteiger charge is 2.15. The highest BCUT2D eigenvalue weighted by molar-refractivity contribution is 6.05. The number of carbonyl (C=O) groups is 1. The Balaban J connectivity index is 1.70. The van der Waals surface area contributed by atoms with Gasteiger partial charge in [-0.15, -0.1) is 0 Å².